The van der Waals surface area contributed by atoms with Gasteiger partial charge >= 0.3 is 0 Å². The number of nitrogens with one attached hydrogen (secondary N) is 1. The van der Waals surface area contributed by atoms with Crippen molar-refractivity contribution in [2.45, 2.75) is 18.4 Å². The van der Waals surface area contributed by atoms with Crippen LogP contribution in [0.2, 0.25) is 5.02 Å². The van der Waals surface area contributed by atoms with Gasteiger partial charge in [0.2, 0.25) is 10.0 Å². The largest absolute Gasteiger partial charge is 0.242 e. The van der Waals surface area contributed by atoms with Crippen LogP contribution in [0, 0.1) is 6.92 Å². The minimum atomic E-state index is -3.68. The minimum Gasteiger partial charge on any atom is -0.242 e. The van der Waals surface area contributed by atoms with Crippen LogP contribution in [0.5, 0.6) is 0 Å². The molecular weight excluding hydrogens is 366 g/mol. The van der Waals surface area contributed by atoms with Crippen molar-refractivity contribution >= 4 is 37.6 Å². The third kappa shape index (κ3) is 3.76. The highest BCUT2D eigenvalue weighted by atomic mass is 79.9. The Morgan fingerprint density at radius 1 is 1.35 bits per heavy atom. The molecule has 0 aliphatic rings. The number of benzene rings is 1. The first-order chi connectivity index (χ1) is 9.38. The second-order valence-corrected chi connectivity index (χ2v) is 7.05. The zero-order chi connectivity index (χ0) is 14.8. The van der Waals surface area contributed by atoms with Crippen LogP contribution in [0.3, 0.4) is 0 Å². The van der Waals surface area contributed by atoms with Crippen LogP contribution in [-0.4, -0.2) is 18.4 Å². The monoisotopic (exact) mass is 375 g/mol. The molecule has 1 aromatic heterocycles. The summed E-state index contributed by atoms with van der Waals surface area (Å²) in [6, 6.07) is 6.25. The van der Waals surface area contributed by atoms with Gasteiger partial charge in [-0.15, -0.1) is 0 Å². The Morgan fingerprint density at radius 2 is 2.10 bits per heavy atom. The van der Waals surface area contributed by atoms with Crippen LogP contribution in [-0.2, 0) is 16.6 Å². The third-order valence-corrected chi connectivity index (χ3v) is 4.84. The first-order valence-corrected chi connectivity index (χ1v) is 8.27. The molecule has 0 aliphatic heterocycles. The molecule has 2 rings (SSSR count). The summed E-state index contributed by atoms with van der Waals surface area (Å²) in [6.07, 6.45) is 1.58. The SMILES string of the molecule is Cc1nccc(CNS(=O)(=O)c2ccc(Br)cc2Cl)n1. The first kappa shape index (κ1) is 15.4. The zero-order valence-corrected chi connectivity index (χ0v) is 13.6. The fraction of sp³-hybridized carbons (Fsp3) is 0.167. The molecule has 0 saturated heterocycles. The standard InChI is InChI=1S/C12H11BrClN3O2S/c1-8-15-5-4-10(17-8)7-16-20(18,19)12-3-2-9(13)6-11(12)14/h2-6,16H,7H2,1H3. The summed E-state index contributed by atoms with van der Waals surface area (Å²) in [5, 5.41) is 0.158. The van der Waals surface area contributed by atoms with E-state index in [9.17, 15) is 8.42 Å². The average molecular weight is 377 g/mol. The molecule has 1 aromatic carbocycles. The topological polar surface area (TPSA) is 72.0 Å². The second kappa shape index (κ2) is 6.17. The number of nitrogens with zero attached hydrogens (tertiary/aromatic N) is 2. The number of sulfonamides is 1. The van der Waals surface area contributed by atoms with Crippen molar-refractivity contribution in [1.82, 2.24) is 14.7 Å². The van der Waals surface area contributed by atoms with E-state index in [0.29, 0.717) is 16.0 Å². The zero-order valence-electron chi connectivity index (χ0n) is 10.5. The first-order valence-electron chi connectivity index (χ1n) is 5.62. The number of hydrogen-bond donors (Lipinski definition) is 1. The maximum absolute atomic E-state index is 12.2. The summed E-state index contributed by atoms with van der Waals surface area (Å²) in [5.74, 6) is 0.586. The summed E-state index contributed by atoms with van der Waals surface area (Å²) in [4.78, 5) is 8.11. The van der Waals surface area contributed by atoms with Gasteiger partial charge in [-0.05, 0) is 31.2 Å². The summed E-state index contributed by atoms with van der Waals surface area (Å²) in [5.41, 5.74) is 0.592. The van der Waals surface area contributed by atoms with Gasteiger partial charge in [-0.3, -0.25) is 0 Å². The highest BCUT2D eigenvalue weighted by Gasteiger charge is 2.17. The molecule has 0 fully saturated rings. The fourth-order valence-electron chi connectivity index (χ4n) is 1.54. The van der Waals surface area contributed by atoms with Gasteiger partial charge < -0.3 is 0 Å². The van der Waals surface area contributed by atoms with Gasteiger partial charge in [0.15, 0.2) is 0 Å². The molecule has 1 heterocycles. The second-order valence-electron chi connectivity index (χ2n) is 3.99. The lowest BCUT2D eigenvalue weighted by Crippen LogP contribution is -2.24. The Hall–Kier alpha value is -1.02. The Kier molecular flexibility index (Phi) is 4.74. The lowest BCUT2D eigenvalue weighted by atomic mass is 10.4. The van der Waals surface area contributed by atoms with Crippen LogP contribution in [0.15, 0.2) is 39.8 Å². The van der Waals surface area contributed by atoms with Crippen LogP contribution >= 0.6 is 27.5 Å². The summed E-state index contributed by atoms with van der Waals surface area (Å²) in [6.45, 7) is 1.82. The number of aromatic nitrogens is 2. The van der Waals surface area contributed by atoms with Crippen molar-refractivity contribution in [2.24, 2.45) is 0 Å². The Bertz CT molecular complexity index is 737. The highest BCUT2D eigenvalue weighted by molar-refractivity contribution is 9.10. The van der Waals surface area contributed by atoms with Crippen LogP contribution < -0.4 is 4.72 Å². The van der Waals surface area contributed by atoms with Crippen LogP contribution in [0.1, 0.15) is 11.5 Å². The van der Waals surface area contributed by atoms with Crippen molar-refractivity contribution in [3.8, 4) is 0 Å². The Balaban J connectivity index is 2.19. The van der Waals surface area contributed by atoms with Gasteiger partial charge in [-0.25, -0.2) is 23.1 Å². The fourth-order valence-corrected chi connectivity index (χ4v) is 3.58. The predicted octanol–water partition coefficient (Wildman–Crippen LogP) is 2.68. The summed E-state index contributed by atoms with van der Waals surface area (Å²) in [7, 11) is -3.68. The molecule has 0 unspecified atom stereocenters. The Labute approximate surface area is 130 Å². The number of aryl methyl sites for hydroxylation is 1. The van der Waals surface area contributed by atoms with E-state index in [1.165, 1.54) is 12.1 Å². The van der Waals surface area contributed by atoms with Crippen molar-refractivity contribution in [3.63, 3.8) is 0 Å². The lowest BCUT2D eigenvalue weighted by Gasteiger charge is -2.08. The van der Waals surface area contributed by atoms with E-state index < -0.39 is 10.0 Å². The number of hydrogen-bond acceptors (Lipinski definition) is 4. The van der Waals surface area contributed by atoms with Crippen molar-refractivity contribution < 1.29 is 8.42 Å². The smallest absolute Gasteiger partial charge is 0.242 e. The maximum atomic E-state index is 12.2. The molecule has 0 saturated carbocycles. The van der Waals surface area contributed by atoms with E-state index in [2.05, 4.69) is 30.6 Å². The quantitative estimate of drug-likeness (QED) is 0.890. The molecule has 0 spiro atoms. The molecule has 20 heavy (non-hydrogen) atoms. The van der Waals surface area contributed by atoms with Gasteiger partial charge in [0, 0.05) is 10.7 Å². The van der Waals surface area contributed by atoms with E-state index in [0.717, 1.165) is 0 Å². The number of rotatable bonds is 4. The molecule has 2 aromatic rings. The lowest BCUT2D eigenvalue weighted by molar-refractivity contribution is 0.580. The molecular formula is C12H11BrClN3O2S. The maximum Gasteiger partial charge on any atom is 0.242 e. The van der Waals surface area contributed by atoms with Gasteiger partial charge in [0.25, 0.3) is 0 Å². The minimum absolute atomic E-state index is 0.0353. The van der Waals surface area contributed by atoms with Gasteiger partial charge in [-0.2, -0.15) is 0 Å². The molecule has 0 bridgehead atoms. The van der Waals surface area contributed by atoms with E-state index >= 15 is 0 Å². The molecule has 1 N–H and O–H groups in total. The Morgan fingerprint density at radius 3 is 2.75 bits per heavy atom. The van der Waals surface area contributed by atoms with Crippen molar-refractivity contribution in [3.05, 3.63) is 51.5 Å². The van der Waals surface area contributed by atoms with E-state index in [-0.39, 0.29) is 16.5 Å². The molecule has 0 amide bonds. The predicted molar refractivity (Wildman–Crippen MR) is 79.9 cm³/mol. The van der Waals surface area contributed by atoms with Gasteiger partial charge in [0.1, 0.15) is 10.7 Å². The van der Waals surface area contributed by atoms with Crippen LogP contribution in [0.4, 0.5) is 0 Å². The van der Waals surface area contributed by atoms with Crippen molar-refractivity contribution in [2.75, 3.05) is 0 Å². The van der Waals surface area contributed by atoms with Gasteiger partial charge in [0.05, 0.1) is 17.3 Å². The van der Waals surface area contributed by atoms with E-state index in [1.807, 2.05) is 0 Å². The molecule has 106 valence electrons. The third-order valence-electron chi connectivity index (χ3n) is 2.46. The molecule has 0 atom stereocenters. The van der Waals surface area contributed by atoms with Crippen LogP contribution in [0.25, 0.3) is 0 Å². The number of halogens is 2. The van der Waals surface area contributed by atoms with E-state index in [4.69, 9.17) is 11.6 Å². The molecule has 0 aliphatic carbocycles. The normalized spacial score (nSPS) is 11.6. The van der Waals surface area contributed by atoms with Crippen molar-refractivity contribution in [1.29, 1.82) is 0 Å². The molecule has 8 heteroatoms. The molecule has 0 radical (unpaired) electrons. The average Bonchev–Trinajstić information content (AvgIpc) is 2.36. The van der Waals surface area contributed by atoms with Gasteiger partial charge in [-0.1, -0.05) is 27.5 Å². The summed E-state index contributed by atoms with van der Waals surface area (Å²) < 4.78 is 27.5. The molecule has 5 nitrogen and oxygen atoms in total. The van der Waals surface area contributed by atoms with E-state index in [1.54, 1.807) is 25.3 Å². The highest BCUT2D eigenvalue weighted by Crippen LogP contribution is 2.25. The summed E-state index contributed by atoms with van der Waals surface area (Å²) >= 11 is 9.18.